The van der Waals surface area contributed by atoms with Crippen LogP contribution in [0.4, 0.5) is 19.0 Å². The van der Waals surface area contributed by atoms with Crippen molar-refractivity contribution in [1.29, 1.82) is 0 Å². The van der Waals surface area contributed by atoms with Crippen molar-refractivity contribution in [3.8, 4) is 11.3 Å². The van der Waals surface area contributed by atoms with Gasteiger partial charge in [0.2, 0.25) is 0 Å². The Hall–Kier alpha value is -3.85. The second-order valence-corrected chi connectivity index (χ2v) is 7.60. The first-order valence-corrected chi connectivity index (χ1v) is 10.2. The van der Waals surface area contributed by atoms with Crippen LogP contribution in [0.15, 0.2) is 73.4 Å². The van der Waals surface area contributed by atoms with Gasteiger partial charge in [0.25, 0.3) is 0 Å². The predicted octanol–water partition coefficient (Wildman–Crippen LogP) is 6.00. The number of fused-ring (bicyclic) bond motifs is 2. The summed E-state index contributed by atoms with van der Waals surface area (Å²) in [6, 6.07) is 10.9. The van der Waals surface area contributed by atoms with E-state index in [1.165, 1.54) is 31.0 Å². The van der Waals surface area contributed by atoms with Gasteiger partial charge in [-0.1, -0.05) is 23.7 Å². The average molecular weight is 467 g/mol. The molecule has 0 spiro atoms. The van der Waals surface area contributed by atoms with Crippen molar-refractivity contribution in [3.05, 3.63) is 84.0 Å². The molecule has 6 nitrogen and oxygen atoms in total. The maximum Gasteiger partial charge on any atom is 0.412 e. The number of nitrogens with one attached hydrogen (secondary N) is 1. The highest BCUT2D eigenvalue weighted by atomic mass is 35.5. The van der Waals surface area contributed by atoms with Crippen LogP contribution < -0.4 is 5.32 Å². The Labute approximate surface area is 190 Å². The van der Waals surface area contributed by atoms with E-state index in [1.807, 2.05) is 0 Å². The van der Waals surface area contributed by atoms with Gasteiger partial charge in [0.1, 0.15) is 11.8 Å². The van der Waals surface area contributed by atoms with Gasteiger partial charge in [-0.3, -0.25) is 9.97 Å². The highest BCUT2D eigenvalue weighted by Gasteiger charge is 2.43. The van der Waals surface area contributed by atoms with Crippen molar-refractivity contribution in [3.63, 3.8) is 0 Å². The molecule has 4 heterocycles. The quantitative estimate of drug-likeness (QED) is 0.350. The normalized spacial score (nSPS) is 12.7. The molecule has 0 saturated heterocycles. The molecule has 1 N–H and O–H groups in total. The van der Waals surface area contributed by atoms with E-state index in [0.717, 1.165) is 0 Å². The number of hydrogen-bond acceptors (Lipinski definition) is 6. The van der Waals surface area contributed by atoms with E-state index in [2.05, 4.69) is 30.2 Å². The van der Waals surface area contributed by atoms with E-state index in [4.69, 9.17) is 11.6 Å². The highest BCUT2D eigenvalue weighted by Crippen LogP contribution is 2.41. The molecule has 5 rings (SSSR count). The maximum atomic E-state index is 14.5. The molecule has 0 amide bonds. The molecule has 4 aromatic heterocycles. The third kappa shape index (κ3) is 4.03. The van der Waals surface area contributed by atoms with Crippen LogP contribution in [-0.4, -0.2) is 31.1 Å². The lowest BCUT2D eigenvalue weighted by molar-refractivity contribution is -0.143. The van der Waals surface area contributed by atoms with Crippen LogP contribution in [0.2, 0.25) is 5.02 Å². The summed E-state index contributed by atoms with van der Waals surface area (Å²) in [7, 11) is 0. The topological polar surface area (TPSA) is 76.5 Å². The van der Waals surface area contributed by atoms with Crippen molar-refractivity contribution in [2.45, 2.75) is 12.2 Å². The van der Waals surface area contributed by atoms with Gasteiger partial charge < -0.3 is 5.32 Å². The number of alkyl halides is 3. The summed E-state index contributed by atoms with van der Waals surface area (Å²) in [5, 5.41) is 3.35. The second-order valence-electron chi connectivity index (χ2n) is 7.19. The van der Waals surface area contributed by atoms with Crippen LogP contribution in [0.3, 0.4) is 0 Å². The molecule has 0 unspecified atom stereocenters. The van der Waals surface area contributed by atoms with Crippen LogP contribution in [0.5, 0.6) is 0 Å². The SMILES string of the molecule is FC(F)(F)[C@H](Nc1ncnc2cccnc12)c1cc2cccc(Cl)c2nc1-c1cccnc1. The molecule has 164 valence electrons. The minimum atomic E-state index is -4.68. The molecule has 0 fully saturated rings. The van der Waals surface area contributed by atoms with Crippen LogP contribution >= 0.6 is 11.6 Å². The van der Waals surface area contributed by atoms with Crippen LogP contribution in [0.25, 0.3) is 33.2 Å². The molecule has 1 aromatic carbocycles. The Morgan fingerprint density at radius 1 is 0.909 bits per heavy atom. The van der Waals surface area contributed by atoms with Gasteiger partial charge in [0, 0.05) is 35.1 Å². The van der Waals surface area contributed by atoms with Gasteiger partial charge in [-0.05, 0) is 36.4 Å². The zero-order valence-corrected chi connectivity index (χ0v) is 17.5. The first-order valence-electron chi connectivity index (χ1n) is 9.80. The summed E-state index contributed by atoms with van der Waals surface area (Å²) in [6.45, 7) is 0. The first kappa shape index (κ1) is 21.0. The van der Waals surface area contributed by atoms with E-state index >= 15 is 0 Å². The Bertz CT molecular complexity index is 1450. The third-order valence-corrected chi connectivity index (χ3v) is 5.38. The summed E-state index contributed by atoms with van der Waals surface area (Å²) in [5.74, 6) is -0.0359. The lowest BCUT2D eigenvalue weighted by atomic mass is 9.98. The first-order chi connectivity index (χ1) is 15.9. The van der Waals surface area contributed by atoms with Gasteiger partial charge in [0.15, 0.2) is 11.9 Å². The summed E-state index contributed by atoms with van der Waals surface area (Å²) in [4.78, 5) is 20.8. The largest absolute Gasteiger partial charge is 0.412 e. The van der Waals surface area contributed by atoms with E-state index in [9.17, 15) is 13.2 Å². The van der Waals surface area contributed by atoms with Crippen molar-refractivity contribution in [1.82, 2.24) is 24.9 Å². The van der Waals surface area contributed by atoms with Crippen LogP contribution in [0.1, 0.15) is 11.6 Å². The second kappa shape index (κ2) is 8.25. The molecule has 0 radical (unpaired) electrons. The van der Waals surface area contributed by atoms with Crippen molar-refractivity contribution >= 4 is 39.4 Å². The summed E-state index contributed by atoms with van der Waals surface area (Å²) in [6.07, 6.45) is 0.982. The van der Waals surface area contributed by atoms with Gasteiger partial charge in [0.05, 0.1) is 21.7 Å². The summed E-state index contributed by atoms with van der Waals surface area (Å²) < 4.78 is 43.4. The average Bonchev–Trinajstić information content (AvgIpc) is 2.82. The molecule has 1 atom stereocenters. The third-order valence-electron chi connectivity index (χ3n) is 5.07. The Morgan fingerprint density at radius 3 is 2.55 bits per heavy atom. The van der Waals surface area contributed by atoms with Gasteiger partial charge in [-0.25, -0.2) is 15.0 Å². The molecule has 5 aromatic rings. The monoisotopic (exact) mass is 466 g/mol. The molecule has 0 bridgehead atoms. The Kier molecular flexibility index (Phi) is 5.26. The highest BCUT2D eigenvalue weighted by molar-refractivity contribution is 6.35. The minimum absolute atomic E-state index is 0.0359. The lowest BCUT2D eigenvalue weighted by Crippen LogP contribution is -2.29. The maximum absolute atomic E-state index is 14.5. The van der Waals surface area contributed by atoms with Crippen LogP contribution in [-0.2, 0) is 0 Å². The van der Waals surface area contributed by atoms with E-state index in [-0.39, 0.29) is 22.6 Å². The van der Waals surface area contributed by atoms with Crippen molar-refractivity contribution < 1.29 is 13.2 Å². The standard InChI is InChI=1S/C23H14ClF3N6/c24-16-6-1-4-13-10-15(18(32-19(13)16)14-5-2-8-28-11-14)21(23(25,26)27)33-22-20-17(30-12-31-22)7-3-9-29-20/h1-12,21H,(H,30,31,33)/t21-/m1/s1. The number of nitrogens with zero attached hydrogens (tertiary/aromatic N) is 5. The molecule has 0 saturated carbocycles. The number of pyridine rings is 3. The number of benzene rings is 1. The molecule has 10 heteroatoms. The molecule has 0 aliphatic heterocycles. The van der Waals surface area contributed by atoms with Crippen LogP contribution in [0, 0.1) is 0 Å². The molecular weight excluding hydrogens is 453 g/mol. The van der Waals surface area contributed by atoms with Crippen molar-refractivity contribution in [2.75, 3.05) is 5.32 Å². The Morgan fingerprint density at radius 2 is 1.76 bits per heavy atom. The number of aromatic nitrogens is 5. The zero-order valence-electron chi connectivity index (χ0n) is 16.8. The number of anilines is 1. The Balaban J connectivity index is 1.74. The van der Waals surface area contributed by atoms with E-state index in [0.29, 0.717) is 27.0 Å². The molecule has 33 heavy (non-hydrogen) atoms. The van der Waals surface area contributed by atoms with E-state index < -0.39 is 12.2 Å². The number of rotatable bonds is 4. The van der Waals surface area contributed by atoms with Gasteiger partial charge in [-0.2, -0.15) is 13.2 Å². The number of hydrogen-bond donors (Lipinski definition) is 1. The van der Waals surface area contributed by atoms with E-state index in [1.54, 1.807) is 42.5 Å². The summed E-state index contributed by atoms with van der Waals surface area (Å²) >= 11 is 6.29. The lowest BCUT2D eigenvalue weighted by Gasteiger charge is -2.25. The zero-order chi connectivity index (χ0) is 23.0. The molecule has 0 aliphatic carbocycles. The number of halogens is 4. The minimum Gasteiger partial charge on any atom is -0.353 e. The molecular formula is C23H14ClF3N6. The fourth-order valence-corrected chi connectivity index (χ4v) is 3.83. The van der Waals surface area contributed by atoms with Crippen molar-refractivity contribution in [2.24, 2.45) is 0 Å². The van der Waals surface area contributed by atoms with Gasteiger partial charge >= 0.3 is 6.18 Å². The fraction of sp³-hybridized carbons (Fsp3) is 0.0870. The van der Waals surface area contributed by atoms with Gasteiger partial charge in [-0.15, -0.1) is 0 Å². The predicted molar refractivity (Wildman–Crippen MR) is 120 cm³/mol. The smallest absolute Gasteiger partial charge is 0.353 e. The summed E-state index contributed by atoms with van der Waals surface area (Å²) in [5.41, 5.74) is 1.51. The number of para-hydroxylation sites is 1. The fourth-order valence-electron chi connectivity index (χ4n) is 3.60. The molecule has 0 aliphatic rings.